The molecular weight excluding hydrogens is 522 g/mol. The largest absolute Gasteiger partial charge is 0.508 e. The molecule has 0 saturated carbocycles. The Morgan fingerprint density at radius 1 is 1.12 bits per heavy atom. The predicted octanol–water partition coefficient (Wildman–Crippen LogP) is 5.87. The lowest BCUT2D eigenvalue weighted by molar-refractivity contribution is -0.142. The third kappa shape index (κ3) is 6.88. The van der Waals surface area contributed by atoms with Crippen molar-refractivity contribution in [3.8, 4) is 5.75 Å². The van der Waals surface area contributed by atoms with Crippen LogP contribution in [0.4, 0.5) is 10.5 Å². The van der Waals surface area contributed by atoms with Crippen LogP contribution in [0, 0.1) is 0 Å². The van der Waals surface area contributed by atoms with Crippen molar-refractivity contribution >= 4 is 57.1 Å². The van der Waals surface area contributed by atoms with Gasteiger partial charge in [-0.15, -0.1) is 0 Å². The van der Waals surface area contributed by atoms with Gasteiger partial charge in [-0.1, -0.05) is 52.3 Å². The van der Waals surface area contributed by atoms with Gasteiger partial charge in [0.25, 0.3) is 0 Å². The van der Waals surface area contributed by atoms with Gasteiger partial charge in [0.15, 0.2) is 6.10 Å². The van der Waals surface area contributed by atoms with Crippen molar-refractivity contribution in [2.24, 2.45) is 0 Å². The van der Waals surface area contributed by atoms with Crippen molar-refractivity contribution in [3.63, 3.8) is 0 Å². The van der Waals surface area contributed by atoms with Gasteiger partial charge in [0.05, 0.1) is 18.0 Å². The van der Waals surface area contributed by atoms with Crippen molar-refractivity contribution in [2.75, 3.05) is 24.3 Å². The van der Waals surface area contributed by atoms with Crippen molar-refractivity contribution in [2.45, 2.75) is 25.6 Å². The van der Waals surface area contributed by atoms with Gasteiger partial charge in [-0.05, 0) is 36.6 Å². The van der Waals surface area contributed by atoms with Gasteiger partial charge in [-0.3, -0.25) is 10.1 Å². The molecule has 0 spiro atoms. The van der Waals surface area contributed by atoms with E-state index in [4.69, 9.17) is 14.2 Å². The number of aromatic hydroxyl groups is 1. The molecule has 0 aliphatic rings. The summed E-state index contributed by atoms with van der Waals surface area (Å²) in [6.07, 6.45) is -2.12. The average molecular weight is 548 g/mol. The molecule has 1 amide bonds. The number of phenolic OH excluding ortho intramolecular Hbond substituents is 1. The summed E-state index contributed by atoms with van der Waals surface area (Å²) in [6, 6.07) is 18.1. The van der Waals surface area contributed by atoms with Crippen LogP contribution in [0.1, 0.15) is 25.0 Å². The molecule has 9 heteroatoms. The van der Waals surface area contributed by atoms with Crippen LogP contribution in [-0.4, -0.2) is 42.2 Å². The molecule has 0 radical (unpaired) electrons. The van der Waals surface area contributed by atoms with E-state index < -0.39 is 24.3 Å². The summed E-state index contributed by atoms with van der Waals surface area (Å²) in [5.74, 6) is -0.558. The van der Waals surface area contributed by atoms with E-state index >= 15 is 0 Å². The molecule has 34 heavy (non-hydrogen) atoms. The summed E-state index contributed by atoms with van der Waals surface area (Å²) < 4.78 is 17.5. The maximum absolute atomic E-state index is 13.0. The maximum atomic E-state index is 13.0. The summed E-state index contributed by atoms with van der Waals surface area (Å²) in [6.45, 7) is 2.18. The molecule has 3 aromatic rings. The highest BCUT2D eigenvalue weighted by Crippen LogP contribution is 2.35. The standard InChI is InChI=1S/C25H26BrNO6S/c1-2-31-22(12-13-32-23(29)15-34)24(19-14-17(26)10-11-21(19)28)33-25(30)27-20-9-5-7-16-6-3-4-8-18(16)20/h3-11,14,22,24,28,34H,2,12-13,15H2,1H3,(H,27,30)/t22-,24-/m1/s1. The molecule has 0 aliphatic carbocycles. The molecule has 0 saturated heterocycles. The van der Waals surface area contributed by atoms with Crippen molar-refractivity contribution in [1.29, 1.82) is 0 Å². The number of thiol groups is 1. The monoisotopic (exact) mass is 547 g/mol. The highest BCUT2D eigenvalue weighted by atomic mass is 79.9. The summed E-state index contributed by atoms with van der Waals surface area (Å²) >= 11 is 7.30. The first kappa shape index (κ1) is 25.9. The fourth-order valence-electron chi connectivity index (χ4n) is 3.55. The maximum Gasteiger partial charge on any atom is 0.412 e. The molecule has 3 rings (SSSR count). The molecular formula is C25H26BrNO6S. The number of carbonyl (C=O) groups excluding carboxylic acids is 2. The number of amides is 1. The number of halogens is 1. The van der Waals surface area contributed by atoms with Gasteiger partial charge in [-0.25, -0.2) is 4.79 Å². The fourth-order valence-corrected chi connectivity index (χ4v) is 4.02. The van der Waals surface area contributed by atoms with Crippen LogP contribution in [0.25, 0.3) is 10.8 Å². The number of anilines is 1. The summed E-state index contributed by atoms with van der Waals surface area (Å²) in [4.78, 5) is 24.5. The number of benzene rings is 3. The van der Waals surface area contributed by atoms with E-state index in [1.54, 1.807) is 25.1 Å². The number of ether oxygens (including phenoxy) is 3. The zero-order valence-electron chi connectivity index (χ0n) is 18.6. The van der Waals surface area contributed by atoms with E-state index in [2.05, 4.69) is 33.9 Å². The number of hydrogen-bond acceptors (Lipinski definition) is 7. The Labute approximate surface area is 211 Å². The zero-order valence-corrected chi connectivity index (χ0v) is 21.1. The van der Waals surface area contributed by atoms with Crippen LogP contribution >= 0.6 is 28.6 Å². The van der Waals surface area contributed by atoms with Crippen LogP contribution in [0.2, 0.25) is 0 Å². The number of phenols is 1. The van der Waals surface area contributed by atoms with E-state index in [1.165, 1.54) is 6.07 Å². The van der Waals surface area contributed by atoms with Crippen LogP contribution in [0.3, 0.4) is 0 Å². The Hall–Kier alpha value is -2.75. The van der Waals surface area contributed by atoms with Gasteiger partial charge in [-0.2, -0.15) is 12.6 Å². The van der Waals surface area contributed by atoms with E-state index in [1.807, 2.05) is 36.4 Å². The summed E-state index contributed by atoms with van der Waals surface area (Å²) in [5, 5.41) is 15.2. The second-order valence-corrected chi connectivity index (χ2v) is 8.57. The molecule has 7 nitrogen and oxygen atoms in total. The number of carbonyl (C=O) groups is 2. The number of hydrogen-bond donors (Lipinski definition) is 3. The SMILES string of the molecule is CCO[C@H](CCOC(=O)CS)[C@H](OC(=O)Nc1cccc2ccccc12)c1cc(Br)ccc1O. The zero-order chi connectivity index (χ0) is 24.5. The molecule has 0 bridgehead atoms. The summed E-state index contributed by atoms with van der Waals surface area (Å²) in [7, 11) is 0. The highest BCUT2D eigenvalue weighted by Gasteiger charge is 2.30. The molecule has 0 aliphatic heterocycles. The number of esters is 1. The second-order valence-electron chi connectivity index (χ2n) is 7.34. The van der Waals surface area contributed by atoms with E-state index in [-0.39, 0.29) is 24.5 Å². The minimum Gasteiger partial charge on any atom is -0.508 e. The molecule has 0 fully saturated rings. The highest BCUT2D eigenvalue weighted by molar-refractivity contribution is 9.10. The lowest BCUT2D eigenvalue weighted by atomic mass is 10.0. The van der Waals surface area contributed by atoms with Gasteiger partial charge >= 0.3 is 12.1 Å². The van der Waals surface area contributed by atoms with E-state index in [0.717, 1.165) is 10.8 Å². The molecule has 0 unspecified atom stereocenters. The van der Waals surface area contributed by atoms with Crippen LogP contribution in [0.15, 0.2) is 65.1 Å². The minimum atomic E-state index is -0.970. The van der Waals surface area contributed by atoms with Gasteiger partial charge < -0.3 is 19.3 Å². The average Bonchev–Trinajstić information content (AvgIpc) is 2.84. The number of rotatable bonds is 10. The Bertz CT molecular complexity index is 1140. The number of nitrogens with one attached hydrogen (secondary N) is 1. The predicted molar refractivity (Wildman–Crippen MR) is 137 cm³/mol. The first-order valence-electron chi connectivity index (χ1n) is 10.7. The third-order valence-electron chi connectivity index (χ3n) is 5.07. The van der Waals surface area contributed by atoms with E-state index in [9.17, 15) is 14.7 Å². The molecule has 180 valence electrons. The van der Waals surface area contributed by atoms with Crippen LogP contribution in [-0.2, 0) is 19.0 Å². The van der Waals surface area contributed by atoms with Gasteiger partial charge in [0.1, 0.15) is 11.9 Å². The van der Waals surface area contributed by atoms with Crippen LogP contribution in [0.5, 0.6) is 5.75 Å². The molecule has 0 heterocycles. The van der Waals surface area contributed by atoms with Crippen molar-refractivity contribution in [1.82, 2.24) is 0 Å². The molecule has 2 N–H and O–H groups in total. The van der Waals surface area contributed by atoms with Crippen molar-refractivity contribution < 1.29 is 28.9 Å². The third-order valence-corrected chi connectivity index (χ3v) is 5.82. The first-order valence-corrected chi connectivity index (χ1v) is 12.2. The Morgan fingerprint density at radius 3 is 2.65 bits per heavy atom. The number of fused-ring (bicyclic) bond motifs is 1. The summed E-state index contributed by atoms with van der Waals surface area (Å²) in [5.41, 5.74) is 0.956. The second kappa shape index (κ2) is 12.6. The van der Waals surface area contributed by atoms with Gasteiger partial charge in [0.2, 0.25) is 0 Å². The Morgan fingerprint density at radius 2 is 1.88 bits per heavy atom. The molecule has 2 atom stereocenters. The van der Waals surface area contributed by atoms with Gasteiger partial charge in [0, 0.05) is 28.5 Å². The lowest BCUT2D eigenvalue weighted by Gasteiger charge is -2.28. The fraction of sp³-hybridized carbons (Fsp3) is 0.280. The Balaban J connectivity index is 1.86. The molecule has 3 aromatic carbocycles. The topological polar surface area (TPSA) is 94.1 Å². The smallest absolute Gasteiger partial charge is 0.412 e. The molecule has 0 aromatic heterocycles. The minimum absolute atomic E-state index is 0.0426. The van der Waals surface area contributed by atoms with E-state index in [0.29, 0.717) is 22.3 Å². The first-order chi connectivity index (χ1) is 16.4. The van der Waals surface area contributed by atoms with Crippen LogP contribution < -0.4 is 5.32 Å². The van der Waals surface area contributed by atoms with Crippen molar-refractivity contribution in [3.05, 3.63) is 70.7 Å². The Kier molecular flexibility index (Phi) is 9.62. The normalized spacial score (nSPS) is 12.7. The quantitative estimate of drug-likeness (QED) is 0.217. The lowest BCUT2D eigenvalue weighted by Crippen LogP contribution is -2.30.